The van der Waals surface area contributed by atoms with E-state index < -0.39 is 0 Å². The molecule has 1 amide bonds. The maximum absolute atomic E-state index is 12.6. The second kappa shape index (κ2) is 8.08. The summed E-state index contributed by atoms with van der Waals surface area (Å²) in [7, 11) is 0. The van der Waals surface area contributed by atoms with Gasteiger partial charge in [0.2, 0.25) is 5.91 Å². The Balaban J connectivity index is 1.27. The van der Waals surface area contributed by atoms with E-state index in [1.807, 2.05) is 18.2 Å². The largest absolute Gasteiger partial charge is 0.508 e. The number of hydrogen-bond acceptors (Lipinski definition) is 5. The van der Waals surface area contributed by atoms with Crippen molar-refractivity contribution in [1.82, 2.24) is 21.1 Å². The van der Waals surface area contributed by atoms with Gasteiger partial charge in [0, 0.05) is 31.2 Å². The molecule has 2 fully saturated rings. The Labute approximate surface area is 159 Å². The van der Waals surface area contributed by atoms with E-state index in [9.17, 15) is 9.90 Å². The summed E-state index contributed by atoms with van der Waals surface area (Å²) in [6.07, 6.45) is 1.59. The molecule has 2 saturated heterocycles. The minimum Gasteiger partial charge on any atom is -0.508 e. The lowest BCUT2D eigenvalue weighted by Gasteiger charge is -2.18. The van der Waals surface area contributed by atoms with Gasteiger partial charge in [-0.2, -0.15) is 0 Å². The molecule has 6 heteroatoms. The first-order valence-electron chi connectivity index (χ1n) is 9.54. The van der Waals surface area contributed by atoms with Crippen molar-refractivity contribution in [1.29, 1.82) is 0 Å². The van der Waals surface area contributed by atoms with E-state index in [1.165, 1.54) is 5.56 Å². The molecule has 2 aromatic rings. The minimum atomic E-state index is -0.294. The lowest BCUT2D eigenvalue weighted by Crippen LogP contribution is -2.47. The van der Waals surface area contributed by atoms with Gasteiger partial charge in [0.15, 0.2) is 0 Å². The number of rotatable bonds is 5. The van der Waals surface area contributed by atoms with Gasteiger partial charge in [0.05, 0.1) is 6.04 Å². The second-order valence-electron chi connectivity index (χ2n) is 7.40. The van der Waals surface area contributed by atoms with Gasteiger partial charge in [-0.15, -0.1) is 0 Å². The molecule has 27 heavy (non-hydrogen) atoms. The number of aromatic hydroxyl groups is 1. The fourth-order valence-corrected chi connectivity index (χ4v) is 3.95. The first-order valence-corrected chi connectivity index (χ1v) is 9.54. The molecule has 4 N–H and O–H groups in total. The standard InChI is InChI=1S/C21H26N4O2/c26-20-9-5-4-8-17(20)18-12-19(24-23-18)21(27)22-16-10-11-25(14-16)13-15-6-2-1-3-7-15/h1-9,16,18-19,23-24,26H,10-14H2,(H,22,27)/t16-,18?,19?/m0/s1. The van der Waals surface area contributed by atoms with E-state index in [0.29, 0.717) is 6.42 Å². The van der Waals surface area contributed by atoms with Crippen LogP contribution in [-0.4, -0.2) is 41.1 Å². The molecule has 4 rings (SSSR count). The Hall–Kier alpha value is -2.41. The van der Waals surface area contributed by atoms with E-state index in [1.54, 1.807) is 12.1 Å². The van der Waals surface area contributed by atoms with E-state index in [0.717, 1.165) is 31.6 Å². The van der Waals surface area contributed by atoms with Crippen LogP contribution in [0.15, 0.2) is 54.6 Å². The van der Waals surface area contributed by atoms with Crippen LogP contribution < -0.4 is 16.2 Å². The highest BCUT2D eigenvalue weighted by atomic mass is 16.3. The van der Waals surface area contributed by atoms with Crippen molar-refractivity contribution in [2.24, 2.45) is 0 Å². The van der Waals surface area contributed by atoms with Crippen molar-refractivity contribution >= 4 is 5.91 Å². The Morgan fingerprint density at radius 3 is 2.70 bits per heavy atom. The topological polar surface area (TPSA) is 76.6 Å². The van der Waals surface area contributed by atoms with Crippen molar-refractivity contribution in [2.75, 3.05) is 13.1 Å². The highest BCUT2D eigenvalue weighted by Gasteiger charge is 2.33. The van der Waals surface area contributed by atoms with Gasteiger partial charge in [-0.3, -0.25) is 9.69 Å². The van der Waals surface area contributed by atoms with Crippen molar-refractivity contribution in [3.8, 4) is 5.75 Å². The number of hydrazine groups is 1. The Kier molecular flexibility index (Phi) is 5.38. The molecule has 2 aliphatic rings. The SMILES string of the molecule is O=C(N[C@H]1CCN(Cc2ccccc2)C1)C1CC(c2ccccc2O)NN1. The number of benzene rings is 2. The monoisotopic (exact) mass is 366 g/mol. The fourth-order valence-electron chi connectivity index (χ4n) is 3.95. The van der Waals surface area contributed by atoms with Crippen LogP contribution in [0, 0.1) is 0 Å². The van der Waals surface area contributed by atoms with Crippen LogP contribution in [0.3, 0.4) is 0 Å². The summed E-state index contributed by atoms with van der Waals surface area (Å²) in [5.41, 5.74) is 8.32. The Bertz CT molecular complexity index is 783. The Morgan fingerprint density at radius 1 is 1.11 bits per heavy atom. The van der Waals surface area contributed by atoms with Crippen molar-refractivity contribution in [3.05, 3.63) is 65.7 Å². The zero-order valence-electron chi connectivity index (χ0n) is 15.3. The van der Waals surface area contributed by atoms with Gasteiger partial charge in [0.25, 0.3) is 0 Å². The smallest absolute Gasteiger partial charge is 0.238 e. The third-order valence-corrected chi connectivity index (χ3v) is 5.40. The number of para-hydroxylation sites is 1. The number of nitrogens with zero attached hydrogens (tertiary/aromatic N) is 1. The van der Waals surface area contributed by atoms with E-state index in [-0.39, 0.29) is 29.8 Å². The summed E-state index contributed by atoms with van der Waals surface area (Å²) in [4.78, 5) is 15.0. The van der Waals surface area contributed by atoms with Crippen LogP contribution >= 0.6 is 0 Å². The summed E-state index contributed by atoms with van der Waals surface area (Å²) in [5.74, 6) is 0.275. The number of carbonyl (C=O) groups is 1. The summed E-state index contributed by atoms with van der Waals surface area (Å²) >= 11 is 0. The number of hydrogen-bond donors (Lipinski definition) is 4. The molecule has 2 aromatic carbocycles. The molecule has 0 aliphatic carbocycles. The molecule has 0 saturated carbocycles. The molecule has 0 bridgehead atoms. The van der Waals surface area contributed by atoms with Crippen LogP contribution in [0.1, 0.15) is 30.0 Å². The minimum absolute atomic E-state index is 0.0204. The van der Waals surface area contributed by atoms with Gasteiger partial charge in [-0.1, -0.05) is 48.5 Å². The molecule has 2 heterocycles. The summed E-state index contributed by atoms with van der Waals surface area (Å²) in [5, 5.41) is 13.2. The van der Waals surface area contributed by atoms with Gasteiger partial charge >= 0.3 is 0 Å². The predicted octanol–water partition coefficient (Wildman–Crippen LogP) is 1.69. The number of amides is 1. The van der Waals surface area contributed by atoms with E-state index in [2.05, 4.69) is 45.3 Å². The Morgan fingerprint density at radius 2 is 1.89 bits per heavy atom. The normalized spacial score (nSPS) is 25.6. The lowest BCUT2D eigenvalue weighted by atomic mass is 10.0. The molecular formula is C21H26N4O2. The average molecular weight is 366 g/mol. The van der Waals surface area contributed by atoms with Gasteiger partial charge in [-0.05, 0) is 24.5 Å². The van der Waals surface area contributed by atoms with Crippen LogP contribution in [0.25, 0.3) is 0 Å². The van der Waals surface area contributed by atoms with E-state index in [4.69, 9.17) is 0 Å². The van der Waals surface area contributed by atoms with Crippen molar-refractivity contribution < 1.29 is 9.90 Å². The van der Waals surface area contributed by atoms with Crippen molar-refractivity contribution in [3.63, 3.8) is 0 Å². The third-order valence-electron chi connectivity index (χ3n) is 5.40. The summed E-state index contributed by atoms with van der Waals surface area (Å²) < 4.78 is 0. The lowest BCUT2D eigenvalue weighted by molar-refractivity contribution is -0.123. The zero-order chi connectivity index (χ0) is 18.6. The molecule has 0 radical (unpaired) electrons. The van der Waals surface area contributed by atoms with Gasteiger partial charge < -0.3 is 10.4 Å². The average Bonchev–Trinajstić information content (AvgIpc) is 3.33. The number of likely N-dealkylation sites (tertiary alicyclic amines) is 1. The summed E-state index contributed by atoms with van der Waals surface area (Å²) in [6, 6.07) is 17.5. The maximum atomic E-state index is 12.6. The van der Waals surface area contributed by atoms with Crippen LogP contribution in [0.5, 0.6) is 5.75 Å². The highest BCUT2D eigenvalue weighted by molar-refractivity contribution is 5.82. The molecular weight excluding hydrogens is 340 g/mol. The molecule has 6 nitrogen and oxygen atoms in total. The maximum Gasteiger partial charge on any atom is 0.238 e. The molecule has 2 unspecified atom stereocenters. The summed E-state index contributed by atoms with van der Waals surface area (Å²) in [6.45, 7) is 2.80. The number of carbonyl (C=O) groups excluding carboxylic acids is 1. The van der Waals surface area contributed by atoms with Crippen LogP contribution in [-0.2, 0) is 11.3 Å². The third kappa shape index (κ3) is 4.30. The number of phenolic OH excluding ortho intramolecular Hbond substituents is 1. The first-order chi connectivity index (χ1) is 13.2. The van der Waals surface area contributed by atoms with Gasteiger partial charge in [-0.25, -0.2) is 10.9 Å². The molecule has 2 aliphatic heterocycles. The molecule has 3 atom stereocenters. The van der Waals surface area contributed by atoms with Crippen molar-refractivity contribution in [2.45, 2.75) is 37.5 Å². The van der Waals surface area contributed by atoms with Gasteiger partial charge in [0.1, 0.15) is 11.8 Å². The molecule has 0 spiro atoms. The predicted molar refractivity (Wildman–Crippen MR) is 104 cm³/mol. The first kappa shape index (κ1) is 18.0. The molecule has 142 valence electrons. The second-order valence-corrected chi connectivity index (χ2v) is 7.40. The van der Waals surface area contributed by atoms with Crippen LogP contribution in [0.4, 0.5) is 0 Å². The van der Waals surface area contributed by atoms with Crippen LogP contribution in [0.2, 0.25) is 0 Å². The fraction of sp³-hybridized carbons (Fsp3) is 0.381. The highest BCUT2D eigenvalue weighted by Crippen LogP contribution is 2.29. The zero-order valence-corrected chi connectivity index (χ0v) is 15.3. The van der Waals surface area contributed by atoms with E-state index >= 15 is 0 Å². The quantitative estimate of drug-likeness (QED) is 0.648. The molecule has 0 aromatic heterocycles. The number of phenols is 1. The number of nitrogens with one attached hydrogen (secondary N) is 3.